The van der Waals surface area contributed by atoms with Crippen molar-refractivity contribution < 1.29 is 24.1 Å². The SMILES string of the molecule is CC(CCC(F)([N+](=O)[O-])[N+](=O)[O-])([N+](=O)[O-])[N+](=O)[O-]. The predicted molar refractivity (Wildman–Crippen MR) is 49.5 cm³/mol. The summed E-state index contributed by atoms with van der Waals surface area (Å²) in [5.74, 6) is -4.19. The minimum Gasteiger partial charge on any atom is -0.258 e. The smallest absolute Gasteiger partial charge is 0.258 e. The zero-order valence-corrected chi connectivity index (χ0v) is 8.85. The molecule has 18 heavy (non-hydrogen) atoms. The fourth-order valence-corrected chi connectivity index (χ4v) is 0.894. The second-order valence-corrected chi connectivity index (χ2v) is 3.46. The number of nitro groups is 4. The summed E-state index contributed by atoms with van der Waals surface area (Å²) in [5.41, 5.74) is -2.93. The third-order valence-corrected chi connectivity index (χ3v) is 2.26. The zero-order chi connectivity index (χ0) is 14.7. The number of hydrogen-bond acceptors (Lipinski definition) is 8. The van der Waals surface area contributed by atoms with E-state index in [1.54, 1.807) is 0 Å². The van der Waals surface area contributed by atoms with E-state index < -0.39 is 44.1 Å². The Hall–Kier alpha value is -2.47. The third kappa shape index (κ3) is 2.61. The van der Waals surface area contributed by atoms with E-state index in [9.17, 15) is 44.8 Å². The van der Waals surface area contributed by atoms with Crippen LogP contribution >= 0.6 is 0 Å². The van der Waals surface area contributed by atoms with Gasteiger partial charge in [0.25, 0.3) is 0 Å². The Kier molecular flexibility index (Phi) is 4.14. The first kappa shape index (κ1) is 15.5. The van der Waals surface area contributed by atoms with Gasteiger partial charge in [0.2, 0.25) is 0 Å². The second kappa shape index (κ2) is 4.80. The van der Waals surface area contributed by atoms with Crippen LogP contribution in [0.3, 0.4) is 0 Å². The van der Waals surface area contributed by atoms with Gasteiger partial charge in [-0.3, -0.25) is 40.5 Å². The first-order valence-electron chi connectivity index (χ1n) is 4.25. The molecule has 0 bridgehead atoms. The van der Waals surface area contributed by atoms with E-state index in [1.807, 2.05) is 0 Å². The van der Waals surface area contributed by atoms with Crippen molar-refractivity contribution in [3.05, 3.63) is 40.5 Å². The lowest BCUT2D eigenvalue weighted by molar-refractivity contribution is -0.839. The molecule has 0 aromatic heterocycles. The summed E-state index contributed by atoms with van der Waals surface area (Å²) in [5, 5.41) is 41.2. The van der Waals surface area contributed by atoms with Crippen LogP contribution in [0.5, 0.6) is 0 Å². The van der Waals surface area contributed by atoms with Crippen molar-refractivity contribution in [2.45, 2.75) is 31.3 Å². The van der Waals surface area contributed by atoms with Gasteiger partial charge in [-0.05, 0) is 0 Å². The first-order chi connectivity index (χ1) is 7.98. The molecule has 0 fully saturated rings. The highest BCUT2D eigenvalue weighted by atomic mass is 19.2. The fraction of sp³-hybridized carbons (Fsp3) is 1.00. The number of nitrogens with zero attached hydrogens (tertiary/aromatic N) is 4. The molecule has 13 heteroatoms. The van der Waals surface area contributed by atoms with Crippen molar-refractivity contribution in [1.82, 2.24) is 0 Å². The van der Waals surface area contributed by atoms with Crippen molar-refractivity contribution >= 4 is 0 Å². The molecule has 0 amide bonds. The molecule has 0 aromatic carbocycles. The number of alkyl halides is 1. The van der Waals surface area contributed by atoms with Crippen LogP contribution in [0.4, 0.5) is 4.39 Å². The Morgan fingerprint density at radius 1 is 0.833 bits per heavy atom. The normalized spacial score (nSPS) is 11.9. The standard InChI is InChI=1S/C5H7FN4O8/c1-4(7(11)12,8(13)14)2-3-5(6,9(15)16)10(17)18/h2-3H2,1H3. The molecular formula is C5H7FN4O8. The van der Waals surface area contributed by atoms with E-state index >= 15 is 0 Å². The maximum Gasteiger partial charge on any atom is 0.614 e. The molecule has 0 aliphatic carbocycles. The third-order valence-electron chi connectivity index (χ3n) is 2.26. The van der Waals surface area contributed by atoms with E-state index in [1.165, 1.54) is 0 Å². The number of halogens is 1. The molecule has 0 aromatic rings. The Labute approximate surface area is 97.0 Å². The molecule has 0 spiro atoms. The highest BCUT2D eigenvalue weighted by Crippen LogP contribution is 2.26. The molecule has 0 saturated heterocycles. The molecule has 0 heterocycles. The average molecular weight is 270 g/mol. The minimum atomic E-state index is -4.19. The topological polar surface area (TPSA) is 173 Å². The first-order valence-corrected chi connectivity index (χ1v) is 4.25. The van der Waals surface area contributed by atoms with Gasteiger partial charge in [-0.2, -0.15) is 0 Å². The van der Waals surface area contributed by atoms with Crippen molar-refractivity contribution in [2.24, 2.45) is 0 Å². The summed E-state index contributed by atoms with van der Waals surface area (Å²) in [6.07, 6.45) is -2.89. The Balaban J connectivity index is 5.14. The molecule has 0 N–H and O–H groups in total. The molecule has 0 aliphatic rings. The molecule has 0 radical (unpaired) electrons. The van der Waals surface area contributed by atoms with Gasteiger partial charge in [0.15, 0.2) is 0 Å². The Morgan fingerprint density at radius 2 is 1.17 bits per heavy atom. The van der Waals surface area contributed by atoms with Crippen LogP contribution in [0.15, 0.2) is 0 Å². The Morgan fingerprint density at radius 3 is 1.39 bits per heavy atom. The predicted octanol–water partition coefficient (Wildman–Crippen LogP) is 0.213. The molecular weight excluding hydrogens is 263 g/mol. The van der Waals surface area contributed by atoms with Crippen molar-refractivity contribution in [3.8, 4) is 0 Å². The van der Waals surface area contributed by atoms with Crippen molar-refractivity contribution in [2.75, 3.05) is 0 Å². The lowest BCUT2D eigenvalue weighted by Gasteiger charge is -2.13. The van der Waals surface area contributed by atoms with Gasteiger partial charge >= 0.3 is 11.6 Å². The molecule has 0 rings (SSSR count). The summed E-state index contributed by atoms with van der Waals surface area (Å²) >= 11 is 0. The number of hydrogen-bond donors (Lipinski definition) is 0. The van der Waals surface area contributed by atoms with Crippen LogP contribution in [0.2, 0.25) is 0 Å². The summed E-state index contributed by atoms with van der Waals surface area (Å²) < 4.78 is 13.3. The lowest BCUT2D eigenvalue weighted by Crippen LogP contribution is -2.48. The van der Waals surface area contributed by atoms with Crippen LogP contribution in [0.25, 0.3) is 0 Å². The average Bonchev–Trinajstić information content (AvgIpc) is 2.23. The van der Waals surface area contributed by atoms with Crippen molar-refractivity contribution in [1.29, 1.82) is 0 Å². The summed E-state index contributed by atoms with van der Waals surface area (Å²) in [6, 6.07) is 0. The van der Waals surface area contributed by atoms with Crippen LogP contribution in [0.1, 0.15) is 19.8 Å². The fourth-order valence-electron chi connectivity index (χ4n) is 0.894. The maximum absolute atomic E-state index is 13.3. The quantitative estimate of drug-likeness (QED) is 0.273. The highest BCUT2D eigenvalue weighted by Gasteiger charge is 2.62. The van der Waals surface area contributed by atoms with E-state index in [0.717, 1.165) is 0 Å². The van der Waals surface area contributed by atoms with Crippen LogP contribution in [0, 0.1) is 40.5 Å². The monoisotopic (exact) mass is 270 g/mol. The van der Waals surface area contributed by atoms with Crippen LogP contribution in [-0.2, 0) is 0 Å². The molecule has 0 atom stereocenters. The van der Waals surface area contributed by atoms with Gasteiger partial charge in [0, 0.05) is 0 Å². The Bertz CT molecular complexity index is 344. The molecule has 0 saturated carbocycles. The van der Waals surface area contributed by atoms with Gasteiger partial charge in [-0.15, -0.1) is 0 Å². The van der Waals surface area contributed by atoms with Gasteiger partial charge < -0.3 is 0 Å². The van der Waals surface area contributed by atoms with Crippen LogP contribution in [-0.4, -0.2) is 31.3 Å². The van der Waals surface area contributed by atoms with Crippen LogP contribution < -0.4 is 0 Å². The van der Waals surface area contributed by atoms with E-state index in [-0.39, 0.29) is 0 Å². The molecule has 12 nitrogen and oxygen atoms in total. The van der Waals surface area contributed by atoms with E-state index in [0.29, 0.717) is 6.92 Å². The molecule has 102 valence electrons. The molecule has 0 aliphatic heterocycles. The zero-order valence-electron chi connectivity index (χ0n) is 8.85. The summed E-state index contributed by atoms with van der Waals surface area (Å²) in [6.45, 7) is 0.479. The van der Waals surface area contributed by atoms with Crippen molar-refractivity contribution in [3.63, 3.8) is 0 Å². The second-order valence-electron chi connectivity index (χ2n) is 3.46. The van der Waals surface area contributed by atoms with Gasteiger partial charge in [0.05, 0.1) is 16.8 Å². The summed E-state index contributed by atoms with van der Waals surface area (Å²) in [7, 11) is 0. The highest BCUT2D eigenvalue weighted by molar-refractivity contribution is 4.64. The van der Waals surface area contributed by atoms with E-state index in [2.05, 4.69) is 0 Å². The summed E-state index contributed by atoms with van der Waals surface area (Å²) in [4.78, 5) is 34.6. The minimum absolute atomic E-state index is 0.479. The van der Waals surface area contributed by atoms with Gasteiger partial charge in [0.1, 0.15) is 22.7 Å². The number of rotatable bonds is 7. The largest absolute Gasteiger partial charge is 0.614 e. The van der Waals surface area contributed by atoms with E-state index in [4.69, 9.17) is 0 Å². The lowest BCUT2D eigenvalue weighted by atomic mass is 10.1. The van der Waals surface area contributed by atoms with Gasteiger partial charge in [-0.1, -0.05) is 4.39 Å². The molecule has 0 unspecified atom stereocenters. The van der Waals surface area contributed by atoms with Gasteiger partial charge in [-0.25, -0.2) is 0 Å². The maximum atomic E-state index is 13.3.